The van der Waals surface area contributed by atoms with Gasteiger partial charge in [-0.1, -0.05) is 12.1 Å². The summed E-state index contributed by atoms with van der Waals surface area (Å²) in [4.78, 5) is 10.7. The molecule has 2 rings (SSSR count). The van der Waals surface area contributed by atoms with Gasteiger partial charge in [0.25, 0.3) is 0 Å². The molecular formula is C17H25N5O. The van der Waals surface area contributed by atoms with Crippen LogP contribution in [-0.2, 0) is 6.54 Å². The third-order valence-electron chi connectivity index (χ3n) is 3.39. The van der Waals surface area contributed by atoms with E-state index >= 15 is 0 Å². The minimum atomic E-state index is 0.709. The highest BCUT2D eigenvalue weighted by molar-refractivity contribution is 5.46. The Balaban J connectivity index is 1.81. The van der Waals surface area contributed by atoms with Crippen molar-refractivity contribution in [2.45, 2.75) is 13.0 Å². The molecule has 2 N–H and O–H groups in total. The highest BCUT2D eigenvalue weighted by Crippen LogP contribution is 2.13. The molecule has 1 aromatic carbocycles. The summed E-state index contributed by atoms with van der Waals surface area (Å²) in [6.45, 7) is 2.66. The molecule has 0 amide bonds. The first-order valence-electron chi connectivity index (χ1n) is 7.75. The lowest BCUT2D eigenvalue weighted by molar-refractivity contribution is 0.405. The van der Waals surface area contributed by atoms with E-state index in [9.17, 15) is 0 Å². The van der Waals surface area contributed by atoms with Gasteiger partial charge in [0.15, 0.2) is 0 Å². The summed E-state index contributed by atoms with van der Waals surface area (Å²) in [5.41, 5.74) is 1.17. The van der Waals surface area contributed by atoms with Crippen LogP contribution in [0.25, 0.3) is 0 Å². The number of methoxy groups -OCH3 is 1. The van der Waals surface area contributed by atoms with Crippen molar-refractivity contribution in [1.29, 1.82) is 0 Å². The van der Waals surface area contributed by atoms with Gasteiger partial charge in [-0.3, -0.25) is 0 Å². The first kappa shape index (κ1) is 17.0. The average Bonchev–Trinajstić information content (AvgIpc) is 2.57. The summed E-state index contributed by atoms with van der Waals surface area (Å²) in [6, 6.07) is 9.91. The van der Waals surface area contributed by atoms with Crippen LogP contribution in [0.3, 0.4) is 0 Å². The van der Waals surface area contributed by atoms with Crippen molar-refractivity contribution >= 4 is 11.6 Å². The second-order valence-corrected chi connectivity index (χ2v) is 5.57. The SMILES string of the molecule is COc1ccc(CNc2cc(NCCCN(C)C)ncn2)cc1. The van der Waals surface area contributed by atoms with Crippen molar-refractivity contribution in [3.63, 3.8) is 0 Å². The second kappa shape index (κ2) is 8.95. The Hall–Kier alpha value is -2.34. The van der Waals surface area contributed by atoms with Gasteiger partial charge in [-0.25, -0.2) is 9.97 Å². The van der Waals surface area contributed by atoms with Crippen molar-refractivity contribution in [1.82, 2.24) is 14.9 Å². The molecule has 0 radical (unpaired) electrons. The van der Waals surface area contributed by atoms with Crippen molar-refractivity contribution < 1.29 is 4.74 Å². The molecule has 1 aromatic heterocycles. The smallest absolute Gasteiger partial charge is 0.131 e. The molecule has 0 aliphatic heterocycles. The zero-order valence-corrected chi connectivity index (χ0v) is 14.0. The van der Waals surface area contributed by atoms with Gasteiger partial charge in [0.2, 0.25) is 0 Å². The Bertz CT molecular complexity index is 586. The number of hydrogen-bond acceptors (Lipinski definition) is 6. The van der Waals surface area contributed by atoms with Gasteiger partial charge in [-0.15, -0.1) is 0 Å². The van der Waals surface area contributed by atoms with Gasteiger partial charge in [0.1, 0.15) is 23.7 Å². The molecule has 0 saturated heterocycles. The van der Waals surface area contributed by atoms with E-state index in [-0.39, 0.29) is 0 Å². The molecule has 0 saturated carbocycles. The third-order valence-corrected chi connectivity index (χ3v) is 3.39. The molecule has 1 heterocycles. The van der Waals surface area contributed by atoms with E-state index in [1.807, 2.05) is 30.3 Å². The molecule has 23 heavy (non-hydrogen) atoms. The minimum absolute atomic E-state index is 0.709. The maximum absolute atomic E-state index is 5.16. The van der Waals surface area contributed by atoms with Gasteiger partial charge in [-0.05, 0) is 44.8 Å². The molecule has 0 aliphatic carbocycles. The standard InChI is InChI=1S/C17H25N5O/c1-22(2)10-4-9-18-16-11-17(21-13-20-16)19-12-14-5-7-15(23-3)8-6-14/h5-8,11,13H,4,9-10,12H2,1-3H3,(H2,18,19,20,21). The maximum Gasteiger partial charge on any atom is 0.131 e. The van der Waals surface area contributed by atoms with Crippen molar-refractivity contribution in [3.8, 4) is 5.75 Å². The number of benzene rings is 1. The number of rotatable bonds is 9. The summed E-state index contributed by atoms with van der Waals surface area (Å²) in [6.07, 6.45) is 2.65. The second-order valence-electron chi connectivity index (χ2n) is 5.57. The molecule has 124 valence electrons. The van der Waals surface area contributed by atoms with E-state index in [2.05, 4.69) is 39.6 Å². The van der Waals surface area contributed by atoms with Crippen LogP contribution in [0, 0.1) is 0 Å². The number of nitrogens with one attached hydrogen (secondary N) is 2. The van der Waals surface area contributed by atoms with Crippen LogP contribution in [0.5, 0.6) is 5.75 Å². The van der Waals surface area contributed by atoms with Crippen LogP contribution < -0.4 is 15.4 Å². The molecule has 6 nitrogen and oxygen atoms in total. The van der Waals surface area contributed by atoms with E-state index in [1.165, 1.54) is 5.56 Å². The average molecular weight is 315 g/mol. The zero-order valence-electron chi connectivity index (χ0n) is 14.0. The summed E-state index contributed by atoms with van der Waals surface area (Å²) in [5, 5.41) is 6.63. The molecule has 0 aliphatic rings. The highest BCUT2D eigenvalue weighted by atomic mass is 16.5. The van der Waals surface area contributed by atoms with Crippen molar-refractivity contribution in [2.24, 2.45) is 0 Å². The molecule has 0 bridgehead atoms. The number of ether oxygens (including phenoxy) is 1. The molecule has 0 unspecified atom stereocenters. The Morgan fingerprint density at radius 1 is 1.04 bits per heavy atom. The number of aromatic nitrogens is 2. The summed E-state index contributed by atoms with van der Waals surface area (Å²) in [5.74, 6) is 2.52. The van der Waals surface area contributed by atoms with Gasteiger partial charge in [0.05, 0.1) is 7.11 Å². The lowest BCUT2D eigenvalue weighted by atomic mass is 10.2. The van der Waals surface area contributed by atoms with Gasteiger partial charge in [0, 0.05) is 19.2 Å². The topological polar surface area (TPSA) is 62.3 Å². The van der Waals surface area contributed by atoms with Crippen molar-refractivity contribution in [3.05, 3.63) is 42.2 Å². The van der Waals surface area contributed by atoms with Crippen LogP contribution >= 0.6 is 0 Å². The van der Waals surface area contributed by atoms with Crippen LogP contribution in [-0.4, -0.2) is 49.2 Å². The van der Waals surface area contributed by atoms with E-state index < -0.39 is 0 Å². The van der Waals surface area contributed by atoms with Crippen LogP contribution in [0.2, 0.25) is 0 Å². The van der Waals surface area contributed by atoms with Crippen LogP contribution in [0.15, 0.2) is 36.7 Å². The lowest BCUT2D eigenvalue weighted by Gasteiger charge is -2.11. The fourth-order valence-corrected chi connectivity index (χ4v) is 2.10. The summed E-state index contributed by atoms with van der Waals surface area (Å²) in [7, 11) is 5.82. The van der Waals surface area contributed by atoms with Crippen LogP contribution in [0.1, 0.15) is 12.0 Å². The van der Waals surface area contributed by atoms with Crippen molar-refractivity contribution in [2.75, 3.05) is 44.9 Å². The van der Waals surface area contributed by atoms with E-state index in [1.54, 1.807) is 13.4 Å². The molecular weight excluding hydrogens is 290 g/mol. The lowest BCUT2D eigenvalue weighted by Crippen LogP contribution is -2.16. The highest BCUT2D eigenvalue weighted by Gasteiger charge is 2.00. The van der Waals surface area contributed by atoms with Crippen LogP contribution in [0.4, 0.5) is 11.6 Å². The fourth-order valence-electron chi connectivity index (χ4n) is 2.10. The molecule has 0 spiro atoms. The Labute approximate surface area is 137 Å². The third kappa shape index (κ3) is 6.12. The van der Waals surface area contributed by atoms with E-state index in [4.69, 9.17) is 4.74 Å². The Kier molecular flexibility index (Phi) is 6.62. The van der Waals surface area contributed by atoms with Gasteiger partial charge < -0.3 is 20.3 Å². The minimum Gasteiger partial charge on any atom is -0.497 e. The normalized spacial score (nSPS) is 10.6. The fraction of sp³-hybridized carbons (Fsp3) is 0.412. The zero-order chi connectivity index (χ0) is 16.5. The first-order chi connectivity index (χ1) is 11.2. The maximum atomic E-state index is 5.16. The number of nitrogens with zero attached hydrogens (tertiary/aromatic N) is 3. The first-order valence-corrected chi connectivity index (χ1v) is 7.75. The van der Waals surface area contributed by atoms with Gasteiger partial charge in [-0.2, -0.15) is 0 Å². The quantitative estimate of drug-likeness (QED) is 0.693. The molecule has 0 fully saturated rings. The number of hydrogen-bond donors (Lipinski definition) is 2. The Morgan fingerprint density at radius 3 is 2.39 bits per heavy atom. The van der Waals surface area contributed by atoms with Gasteiger partial charge >= 0.3 is 0 Å². The predicted octanol–water partition coefficient (Wildman–Crippen LogP) is 2.46. The largest absolute Gasteiger partial charge is 0.497 e. The molecule has 0 atom stereocenters. The Morgan fingerprint density at radius 2 is 1.74 bits per heavy atom. The molecule has 6 heteroatoms. The van der Waals surface area contributed by atoms with E-state index in [0.717, 1.165) is 36.9 Å². The van der Waals surface area contributed by atoms with E-state index in [0.29, 0.717) is 6.54 Å². The summed E-state index contributed by atoms with van der Waals surface area (Å²) < 4.78 is 5.16. The predicted molar refractivity (Wildman–Crippen MR) is 94.0 cm³/mol. The molecule has 2 aromatic rings. The summed E-state index contributed by atoms with van der Waals surface area (Å²) >= 11 is 0. The monoisotopic (exact) mass is 315 g/mol. The number of anilines is 2.